The first kappa shape index (κ1) is 14.7. The number of nitrogens with one attached hydrogen (secondary N) is 1. The highest BCUT2D eigenvalue weighted by atomic mass is 16.1. The van der Waals surface area contributed by atoms with Crippen LogP contribution in [0.5, 0.6) is 0 Å². The van der Waals surface area contributed by atoms with Gasteiger partial charge >= 0.3 is 0 Å². The Kier molecular flexibility index (Phi) is 3.22. The number of pyridine rings is 1. The van der Waals surface area contributed by atoms with E-state index in [2.05, 4.69) is 22.2 Å². The summed E-state index contributed by atoms with van der Waals surface area (Å²) in [6.07, 6.45) is 1.75. The van der Waals surface area contributed by atoms with Gasteiger partial charge < -0.3 is 0 Å². The third kappa shape index (κ3) is 2.24. The third-order valence-electron chi connectivity index (χ3n) is 4.66. The smallest absolute Gasteiger partial charge is 0.288 e. The number of nitrogens with zero attached hydrogens (tertiary/aromatic N) is 2. The highest BCUT2D eigenvalue weighted by molar-refractivity contribution is 6.02. The summed E-state index contributed by atoms with van der Waals surface area (Å²) in [7, 11) is 0. The standard InChI is InChI=1S/C22H15N3O/c26-22-21-20(19-9-5-4-8-17(19)14-23-21)24-25(22)18-12-10-16(11-13-18)15-6-2-1-3-7-15/h1-14,24H. The first-order valence-corrected chi connectivity index (χ1v) is 8.45. The molecule has 5 rings (SSSR count). The molecule has 2 heterocycles. The summed E-state index contributed by atoms with van der Waals surface area (Å²) in [5.74, 6) is 0. The van der Waals surface area contributed by atoms with Gasteiger partial charge in [0.05, 0.1) is 11.2 Å². The van der Waals surface area contributed by atoms with Gasteiger partial charge in [-0.3, -0.25) is 9.89 Å². The molecule has 124 valence electrons. The van der Waals surface area contributed by atoms with Crippen LogP contribution in [0, 0.1) is 0 Å². The first-order valence-electron chi connectivity index (χ1n) is 8.45. The molecular weight excluding hydrogens is 322 g/mol. The zero-order chi connectivity index (χ0) is 17.5. The Balaban J connectivity index is 1.66. The Morgan fingerprint density at radius 1 is 0.769 bits per heavy atom. The van der Waals surface area contributed by atoms with E-state index in [1.165, 1.54) is 0 Å². The SMILES string of the molecule is O=c1c2ncc3ccccc3c2[nH]n1-c1ccc(-c2ccccc2)cc1. The molecule has 2 aromatic heterocycles. The number of aromatic amines is 1. The van der Waals surface area contributed by atoms with Crippen LogP contribution >= 0.6 is 0 Å². The summed E-state index contributed by atoms with van der Waals surface area (Å²) in [5, 5.41) is 5.23. The second kappa shape index (κ2) is 5.70. The van der Waals surface area contributed by atoms with Crippen molar-refractivity contribution in [2.75, 3.05) is 0 Å². The van der Waals surface area contributed by atoms with Gasteiger partial charge in [-0.15, -0.1) is 0 Å². The lowest BCUT2D eigenvalue weighted by Crippen LogP contribution is -2.14. The van der Waals surface area contributed by atoms with Gasteiger partial charge in [-0.25, -0.2) is 9.67 Å². The molecule has 26 heavy (non-hydrogen) atoms. The van der Waals surface area contributed by atoms with Gasteiger partial charge in [0.25, 0.3) is 5.56 Å². The topological polar surface area (TPSA) is 50.7 Å². The van der Waals surface area contributed by atoms with E-state index in [9.17, 15) is 4.79 Å². The molecule has 4 heteroatoms. The lowest BCUT2D eigenvalue weighted by atomic mass is 10.1. The van der Waals surface area contributed by atoms with Crippen LogP contribution in [0.2, 0.25) is 0 Å². The minimum atomic E-state index is -0.141. The van der Waals surface area contributed by atoms with E-state index >= 15 is 0 Å². The molecule has 0 amide bonds. The van der Waals surface area contributed by atoms with E-state index < -0.39 is 0 Å². The van der Waals surface area contributed by atoms with Crippen LogP contribution in [0.25, 0.3) is 38.6 Å². The maximum absolute atomic E-state index is 12.8. The predicted molar refractivity (Wildman–Crippen MR) is 105 cm³/mol. The van der Waals surface area contributed by atoms with Crippen molar-refractivity contribution in [3.63, 3.8) is 0 Å². The fourth-order valence-corrected chi connectivity index (χ4v) is 3.32. The molecule has 1 N–H and O–H groups in total. The largest absolute Gasteiger partial charge is 0.297 e. The molecule has 0 aliphatic carbocycles. The van der Waals surface area contributed by atoms with E-state index in [1.807, 2.05) is 66.7 Å². The molecule has 0 radical (unpaired) electrons. The molecule has 0 bridgehead atoms. The number of aromatic nitrogens is 3. The number of H-pyrrole nitrogens is 1. The summed E-state index contributed by atoms with van der Waals surface area (Å²) in [6, 6.07) is 26.0. The van der Waals surface area contributed by atoms with Crippen LogP contribution in [0.1, 0.15) is 0 Å². The van der Waals surface area contributed by atoms with E-state index in [-0.39, 0.29) is 5.56 Å². The Morgan fingerprint density at radius 3 is 2.27 bits per heavy atom. The molecule has 3 aromatic carbocycles. The van der Waals surface area contributed by atoms with Crippen molar-refractivity contribution >= 4 is 21.8 Å². The predicted octanol–water partition coefficient (Wildman–Crippen LogP) is 4.53. The average molecular weight is 337 g/mol. The van der Waals surface area contributed by atoms with Gasteiger partial charge in [-0.05, 0) is 23.3 Å². The van der Waals surface area contributed by atoms with Crippen LogP contribution in [0.3, 0.4) is 0 Å². The summed E-state index contributed by atoms with van der Waals surface area (Å²) >= 11 is 0. The molecule has 0 unspecified atom stereocenters. The van der Waals surface area contributed by atoms with Crippen molar-refractivity contribution in [2.24, 2.45) is 0 Å². The van der Waals surface area contributed by atoms with Crippen LogP contribution in [-0.2, 0) is 0 Å². The van der Waals surface area contributed by atoms with Crippen molar-refractivity contribution in [3.8, 4) is 16.8 Å². The van der Waals surface area contributed by atoms with Crippen LogP contribution in [0.15, 0.2) is 89.9 Å². The zero-order valence-corrected chi connectivity index (χ0v) is 13.9. The Hall–Kier alpha value is -3.66. The van der Waals surface area contributed by atoms with Gasteiger partial charge in [0.1, 0.15) is 0 Å². The van der Waals surface area contributed by atoms with E-state index in [0.717, 1.165) is 33.1 Å². The van der Waals surface area contributed by atoms with Crippen LogP contribution in [0.4, 0.5) is 0 Å². The summed E-state index contributed by atoms with van der Waals surface area (Å²) in [5.41, 5.74) is 4.13. The Morgan fingerprint density at radius 2 is 1.46 bits per heavy atom. The van der Waals surface area contributed by atoms with Gasteiger partial charge in [0.2, 0.25) is 0 Å². The normalized spacial score (nSPS) is 11.2. The average Bonchev–Trinajstić information content (AvgIpc) is 3.06. The van der Waals surface area contributed by atoms with Crippen molar-refractivity contribution in [3.05, 3.63) is 95.4 Å². The second-order valence-corrected chi connectivity index (χ2v) is 6.23. The quantitative estimate of drug-likeness (QED) is 0.514. The minimum absolute atomic E-state index is 0.141. The lowest BCUT2D eigenvalue weighted by Gasteiger charge is -2.04. The molecular formula is C22H15N3O. The van der Waals surface area contributed by atoms with E-state index in [1.54, 1.807) is 10.9 Å². The number of hydrogen-bond acceptors (Lipinski definition) is 2. The Labute approximate surface area is 149 Å². The van der Waals surface area contributed by atoms with Crippen molar-refractivity contribution in [1.82, 2.24) is 14.8 Å². The number of fused-ring (bicyclic) bond motifs is 3. The van der Waals surface area contributed by atoms with E-state index in [0.29, 0.717) is 5.52 Å². The van der Waals surface area contributed by atoms with Crippen LogP contribution in [-0.4, -0.2) is 14.8 Å². The zero-order valence-electron chi connectivity index (χ0n) is 13.9. The fraction of sp³-hybridized carbons (Fsp3) is 0. The molecule has 5 aromatic rings. The molecule has 0 saturated heterocycles. The van der Waals surface area contributed by atoms with Gasteiger partial charge in [0, 0.05) is 17.0 Å². The molecule has 0 aliphatic rings. The molecule has 4 nitrogen and oxygen atoms in total. The monoisotopic (exact) mass is 337 g/mol. The van der Waals surface area contributed by atoms with Gasteiger partial charge in [-0.2, -0.15) is 0 Å². The number of rotatable bonds is 2. The minimum Gasteiger partial charge on any atom is -0.288 e. The maximum Gasteiger partial charge on any atom is 0.297 e. The fourth-order valence-electron chi connectivity index (χ4n) is 3.32. The van der Waals surface area contributed by atoms with Gasteiger partial charge in [-0.1, -0.05) is 66.7 Å². The molecule has 0 atom stereocenters. The maximum atomic E-state index is 12.8. The first-order chi connectivity index (χ1) is 12.8. The van der Waals surface area contributed by atoms with Gasteiger partial charge in [0.15, 0.2) is 5.52 Å². The summed E-state index contributed by atoms with van der Waals surface area (Å²) in [6.45, 7) is 0. The summed E-state index contributed by atoms with van der Waals surface area (Å²) < 4.78 is 1.55. The number of hydrogen-bond donors (Lipinski definition) is 1. The van der Waals surface area contributed by atoms with Crippen molar-refractivity contribution < 1.29 is 0 Å². The second-order valence-electron chi connectivity index (χ2n) is 6.23. The molecule has 0 aliphatic heterocycles. The molecule has 0 saturated carbocycles. The lowest BCUT2D eigenvalue weighted by molar-refractivity contribution is 0.864. The number of benzene rings is 3. The highest BCUT2D eigenvalue weighted by Crippen LogP contribution is 2.22. The summed E-state index contributed by atoms with van der Waals surface area (Å²) in [4.78, 5) is 17.2. The van der Waals surface area contributed by atoms with Crippen molar-refractivity contribution in [2.45, 2.75) is 0 Å². The Bertz CT molecular complexity index is 1280. The molecule has 0 spiro atoms. The third-order valence-corrected chi connectivity index (χ3v) is 4.66. The highest BCUT2D eigenvalue weighted by Gasteiger charge is 2.12. The molecule has 0 fully saturated rings. The van der Waals surface area contributed by atoms with Crippen LogP contribution < -0.4 is 5.56 Å². The van der Waals surface area contributed by atoms with Crippen molar-refractivity contribution in [1.29, 1.82) is 0 Å². The van der Waals surface area contributed by atoms with E-state index in [4.69, 9.17) is 0 Å².